The van der Waals surface area contributed by atoms with Crippen molar-refractivity contribution >= 4 is 98.0 Å². The van der Waals surface area contributed by atoms with Gasteiger partial charge in [0.15, 0.2) is 0 Å². The number of benzene rings is 4. The van der Waals surface area contributed by atoms with E-state index in [9.17, 15) is 33.9 Å². The Morgan fingerprint density at radius 1 is 0.696 bits per heavy atom. The maximum atomic E-state index is 13.3. The molecule has 0 aromatic heterocycles. The minimum absolute atomic E-state index is 0.00179. The third-order valence-corrected chi connectivity index (χ3v) is 11.3. The van der Waals surface area contributed by atoms with Crippen LogP contribution in [-0.4, -0.2) is 45.0 Å². The predicted molar refractivity (Wildman–Crippen MR) is 226 cm³/mol. The highest BCUT2D eigenvalue weighted by Gasteiger charge is 2.22. The van der Waals surface area contributed by atoms with Crippen molar-refractivity contribution in [3.8, 4) is 0 Å². The normalized spacial score (nSPS) is 10.8. The SMILES string of the molecule is Cc1cc(C)c(CNC(=O)SCC(=O)Nc2ccc(C(=O)O)c(NC(=O)SCc3c(C)cc(C)c(CC(=O)Nc4ccc(C(N)=O)cc4Cl)c3C)c2Cl)c(C)c1. The van der Waals surface area contributed by atoms with E-state index in [1.165, 1.54) is 30.3 Å². The van der Waals surface area contributed by atoms with Gasteiger partial charge in [0.1, 0.15) is 0 Å². The maximum absolute atomic E-state index is 13.3. The summed E-state index contributed by atoms with van der Waals surface area (Å²) < 4.78 is 0. The molecule has 0 aliphatic carbocycles. The molecule has 56 heavy (non-hydrogen) atoms. The fourth-order valence-corrected chi connectivity index (χ4v) is 8.05. The van der Waals surface area contributed by atoms with Gasteiger partial charge in [0.2, 0.25) is 17.7 Å². The lowest BCUT2D eigenvalue weighted by Gasteiger charge is -2.18. The number of nitrogens with one attached hydrogen (secondary N) is 4. The molecule has 4 aromatic rings. The number of anilines is 3. The molecule has 0 saturated carbocycles. The third kappa shape index (κ3) is 11.3. The molecular weight excluding hydrogens is 798 g/mol. The molecule has 5 amide bonds. The Balaban J connectivity index is 1.39. The van der Waals surface area contributed by atoms with Gasteiger partial charge in [0, 0.05) is 17.9 Å². The molecular formula is C40H41Cl2N5O7S2. The molecule has 16 heteroatoms. The second-order valence-electron chi connectivity index (χ2n) is 13.1. The van der Waals surface area contributed by atoms with Gasteiger partial charge >= 0.3 is 5.97 Å². The number of carbonyl (C=O) groups is 6. The van der Waals surface area contributed by atoms with E-state index in [4.69, 9.17) is 28.9 Å². The molecule has 294 valence electrons. The highest BCUT2D eigenvalue weighted by molar-refractivity contribution is 8.14. The first-order chi connectivity index (χ1) is 26.4. The summed E-state index contributed by atoms with van der Waals surface area (Å²) in [5, 5.41) is 19.5. The van der Waals surface area contributed by atoms with Crippen molar-refractivity contribution in [3.05, 3.63) is 120 Å². The first kappa shape index (κ1) is 43.7. The summed E-state index contributed by atoms with van der Waals surface area (Å²) in [5.41, 5.74) is 13.7. The van der Waals surface area contributed by atoms with Crippen molar-refractivity contribution in [1.82, 2.24) is 5.32 Å². The molecule has 0 atom stereocenters. The van der Waals surface area contributed by atoms with Crippen LogP contribution in [0.4, 0.5) is 26.7 Å². The molecule has 0 heterocycles. The zero-order valence-corrected chi connectivity index (χ0v) is 34.6. The molecule has 4 rings (SSSR count). The van der Waals surface area contributed by atoms with E-state index in [0.29, 0.717) is 12.2 Å². The van der Waals surface area contributed by atoms with Crippen molar-refractivity contribution < 1.29 is 33.9 Å². The van der Waals surface area contributed by atoms with Crippen molar-refractivity contribution in [2.24, 2.45) is 5.73 Å². The topological polar surface area (TPSA) is 197 Å². The number of carbonyl (C=O) groups excluding carboxylic acids is 5. The number of hydrogen-bond donors (Lipinski definition) is 6. The number of hydrogen-bond acceptors (Lipinski definition) is 8. The molecule has 4 aromatic carbocycles. The predicted octanol–water partition coefficient (Wildman–Crippen LogP) is 8.87. The molecule has 0 aliphatic rings. The third-order valence-electron chi connectivity index (χ3n) is 8.96. The van der Waals surface area contributed by atoms with E-state index in [0.717, 1.165) is 73.6 Å². The highest BCUT2D eigenvalue weighted by Crippen LogP contribution is 2.36. The molecule has 0 unspecified atom stereocenters. The summed E-state index contributed by atoms with van der Waals surface area (Å²) >= 11 is 14.4. The van der Waals surface area contributed by atoms with Crippen LogP contribution < -0.4 is 27.0 Å². The Bertz CT molecular complexity index is 2240. The minimum atomic E-state index is -1.35. The fraction of sp³-hybridized carbons (Fsp3) is 0.250. The van der Waals surface area contributed by atoms with Crippen LogP contribution in [0, 0.1) is 41.5 Å². The van der Waals surface area contributed by atoms with Crippen LogP contribution in [-0.2, 0) is 28.3 Å². The number of carboxylic acid groups (broad SMARTS) is 1. The number of aromatic carboxylic acids is 1. The first-order valence-corrected chi connectivity index (χ1v) is 19.8. The average molecular weight is 839 g/mol. The van der Waals surface area contributed by atoms with Crippen LogP contribution in [0.15, 0.2) is 48.5 Å². The molecule has 7 N–H and O–H groups in total. The largest absolute Gasteiger partial charge is 0.478 e. The van der Waals surface area contributed by atoms with Crippen LogP contribution >= 0.6 is 46.7 Å². The van der Waals surface area contributed by atoms with Gasteiger partial charge in [0.05, 0.1) is 44.8 Å². The Hall–Kier alpha value is -5.02. The van der Waals surface area contributed by atoms with Gasteiger partial charge in [-0.1, -0.05) is 70.5 Å². The molecule has 0 spiro atoms. The second-order valence-corrected chi connectivity index (χ2v) is 15.8. The molecule has 12 nitrogen and oxygen atoms in total. The summed E-state index contributed by atoms with van der Waals surface area (Å²) in [6, 6.07) is 12.8. The monoisotopic (exact) mass is 837 g/mol. The summed E-state index contributed by atoms with van der Waals surface area (Å²) in [4.78, 5) is 75.2. The molecule has 0 aliphatic heterocycles. The van der Waals surface area contributed by atoms with Gasteiger partial charge < -0.3 is 32.1 Å². The zero-order valence-electron chi connectivity index (χ0n) is 31.5. The zero-order chi connectivity index (χ0) is 41.4. The summed E-state index contributed by atoms with van der Waals surface area (Å²) in [7, 11) is 0. The van der Waals surface area contributed by atoms with Crippen molar-refractivity contribution in [3.63, 3.8) is 0 Å². The van der Waals surface area contributed by atoms with Gasteiger partial charge in [-0.05, 0) is 116 Å². The number of rotatable bonds is 13. The molecule has 0 radical (unpaired) electrons. The van der Waals surface area contributed by atoms with E-state index >= 15 is 0 Å². The molecule has 0 fully saturated rings. The summed E-state index contributed by atoms with van der Waals surface area (Å²) in [6.07, 6.45) is 0.00179. The number of thioether (sulfide) groups is 2. The number of halogens is 2. The standard InChI is InChI=1S/C40H41Cl2N5O7S2/c1-19-11-20(2)28(21(3)12-19)16-44-39(53)56-18-34(49)46-32-10-8-26(38(51)52)36(35(32)42)47-40(54)55-17-29-23(5)13-22(4)27(24(29)6)15-33(48)45-31-9-7-25(37(43)50)14-30(31)41/h7-14H,15-18H2,1-6H3,(H2,43,50)(H,44,53)(H,45,48)(H,46,49)(H,47,54)(H,51,52). The van der Waals surface area contributed by atoms with Gasteiger partial charge in [-0.2, -0.15) is 0 Å². The van der Waals surface area contributed by atoms with E-state index < -0.39 is 28.3 Å². The maximum Gasteiger partial charge on any atom is 0.337 e. The van der Waals surface area contributed by atoms with E-state index in [1.807, 2.05) is 59.7 Å². The van der Waals surface area contributed by atoms with Gasteiger partial charge in [-0.25, -0.2) is 4.79 Å². The fourth-order valence-electron chi connectivity index (χ4n) is 6.16. The number of primary amides is 1. The molecule has 0 bridgehead atoms. The van der Waals surface area contributed by atoms with Crippen molar-refractivity contribution in [2.45, 2.75) is 60.3 Å². The van der Waals surface area contributed by atoms with Crippen LogP contribution in [0.3, 0.4) is 0 Å². The Labute approximate surface area is 343 Å². The second kappa shape index (κ2) is 19.2. The summed E-state index contributed by atoms with van der Waals surface area (Å²) in [6.45, 7) is 11.9. The Morgan fingerprint density at radius 3 is 1.93 bits per heavy atom. The van der Waals surface area contributed by atoms with Gasteiger partial charge in [0.25, 0.3) is 10.5 Å². The number of amides is 5. The minimum Gasteiger partial charge on any atom is -0.478 e. The lowest BCUT2D eigenvalue weighted by atomic mass is 9.92. The van der Waals surface area contributed by atoms with Crippen LogP contribution in [0.1, 0.15) is 70.8 Å². The van der Waals surface area contributed by atoms with Gasteiger partial charge in [-0.3, -0.25) is 24.0 Å². The first-order valence-electron chi connectivity index (χ1n) is 17.1. The van der Waals surface area contributed by atoms with Crippen LogP contribution in [0.5, 0.6) is 0 Å². The lowest BCUT2D eigenvalue weighted by molar-refractivity contribution is -0.115. The van der Waals surface area contributed by atoms with E-state index in [2.05, 4.69) is 21.3 Å². The quantitative estimate of drug-likeness (QED) is 0.0762. The van der Waals surface area contributed by atoms with Crippen molar-refractivity contribution in [1.29, 1.82) is 0 Å². The highest BCUT2D eigenvalue weighted by atomic mass is 35.5. The number of carboxylic acids is 1. The van der Waals surface area contributed by atoms with E-state index in [-0.39, 0.29) is 56.4 Å². The van der Waals surface area contributed by atoms with Crippen LogP contribution in [0.2, 0.25) is 10.0 Å². The number of aryl methyl sites for hydroxylation is 5. The number of nitrogens with two attached hydrogens (primary N) is 1. The Kier molecular flexibility index (Phi) is 15.0. The van der Waals surface area contributed by atoms with Crippen LogP contribution in [0.25, 0.3) is 0 Å². The average Bonchev–Trinajstić information content (AvgIpc) is 3.11. The van der Waals surface area contributed by atoms with E-state index in [1.54, 1.807) is 0 Å². The lowest BCUT2D eigenvalue weighted by Crippen LogP contribution is -2.23. The smallest absolute Gasteiger partial charge is 0.337 e. The van der Waals surface area contributed by atoms with Crippen molar-refractivity contribution in [2.75, 3.05) is 21.7 Å². The van der Waals surface area contributed by atoms with Gasteiger partial charge in [-0.15, -0.1) is 0 Å². The Morgan fingerprint density at radius 2 is 1.30 bits per heavy atom. The molecule has 0 saturated heterocycles. The summed E-state index contributed by atoms with van der Waals surface area (Å²) in [5.74, 6) is -2.98.